The number of phenols is 1. The van der Waals surface area contributed by atoms with Gasteiger partial charge in [0.2, 0.25) is 0 Å². The van der Waals surface area contributed by atoms with Crippen LogP contribution in [0.25, 0.3) is 0 Å². The minimum atomic E-state index is -0.291. The maximum Gasteiger partial charge on any atom is 0.255 e. The Morgan fingerprint density at radius 3 is 2.65 bits per heavy atom. The van der Waals surface area contributed by atoms with Gasteiger partial charge < -0.3 is 15.2 Å². The number of carbonyl (C=O) groups excluding carboxylic acids is 1. The smallest absolute Gasteiger partial charge is 0.255 e. The number of rotatable bonds is 3. The van der Waals surface area contributed by atoms with Crippen molar-refractivity contribution in [2.75, 3.05) is 12.4 Å². The van der Waals surface area contributed by atoms with E-state index >= 15 is 0 Å². The third kappa shape index (κ3) is 3.22. The number of nitrogens with one attached hydrogen (secondary N) is 1. The zero-order chi connectivity index (χ0) is 14.7. The number of ether oxygens (including phenoxy) is 1. The maximum absolute atomic E-state index is 12.2. The van der Waals surface area contributed by atoms with E-state index < -0.39 is 0 Å². The summed E-state index contributed by atoms with van der Waals surface area (Å²) in [4.78, 5) is 12.2. The van der Waals surface area contributed by atoms with Gasteiger partial charge in [-0.15, -0.1) is 0 Å². The van der Waals surface area contributed by atoms with Crippen molar-refractivity contribution in [1.82, 2.24) is 0 Å². The number of aryl methyl sites for hydroxylation is 1. The number of anilines is 1. The second-order valence-electron chi connectivity index (χ2n) is 4.32. The average Bonchev–Trinajstić information content (AvgIpc) is 2.42. The molecule has 0 atom stereocenters. The largest absolute Gasteiger partial charge is 0.507 e. The Bertz CT molecular complexity index is 656. The highest BCUT2D eigenvalue weighted by Gasteiger charge is 2.11. The summed E-state index contributed by atoms with van der Waals surface area (Å²) in [6, 6.07) is 10.3. The molecule has 1 amide bonds. The maximum atomic E-state index is 12.2. The van der Waals surface area contributed by atoms with Crippen LogP contribution in [0.5, 0.6) is 11.5 Å². The lowest BCUT2D eigenvalue weighted by Crippen LogP contribution is -2.12. The van der Waals surface area contributed by atoms with Crippen LogP contribution in [0.1, 0.15) is 15.9 Å². The molecule has 0 bridgehead atoms. The predicted octanol–water partition coefficient (Wildman–Crippen LogP) is 3.57. The standard InChI is InChI=1S/C15H14INO3/c1-9-3-6-14(20-2)12(7-9)17-15(19)10-4-5-11(16)13(18)8-10/h3-8,18H,1-2H3,(H,17,19). The molecule has 4 nitrogen and oxygen atoms in total. The lowest BCUT2D eigenvalue weighted by atomic mass is 10.1. The van der Waals surface area contributed by atoms with Crippen LogP contribution >= 0.6 is 22.6 Å². The Hall–Kier alpha value is -1.76. The van der Waals surface area contributed by atoms with Crippen molar-refractivity contribution in [3.63, 3.8) is 0 Å². The number of phenolic OH excluding ortho intramolecular Hbond substituents is 1. The Kier molecular flexibility index (Phi) is 4.49. The highest BCUT2D eigenvalue weighted by Crippen LogP contribution is 2.26. The lowest BCUT2D eigenvalue weighted by Gasteiger charge is -2.11. The molecule has 0 aromatic heterocycles. The van der Waals surface area contributed by atoms with Crippen molar-refractivity contribution in [2.45, 2.75) is 6.92 Å². The first kappa shape index (κ1) is 14.6. The van der Waals surface area contributed by atoms with Crippen LogP contribution in [0, 0.1) is 10.5 Å². The summed E-state index contributed by atoms with van der Waals surface area (Å²) in [7, 11) is 1.55. The van der Waals surface area contributed by atoms with Crippen molar-refractivity contribution in [2.24, 2.45) is 0 Å². The predicted molar refractivity (Wildman–Crippen MR) is 86.5 cm³/mol. The van der Waals surface area contributed by atoms with E-state index in [1.54, 1.807) is 25.3 Å². The number of hydrogen-bond donors (Lipinski definition) is 2. The van der Waals surface area contributed by atoms with E-state index in [4.69, 9.17) is 4.74 Å². The third-order valence-corrected chi connectivity index (χ3v) is 3.72. The molecule has 0 fully saturated rings. The Morgan fingerprint density at radius 2 is 2.00 bits per heavy atom. The topological polar surface area (TPSA) is 58.6 Å². The molecule has 0 spiro atoms. The number of halogens is 1. The summed E-state index contributed by atoms with van der Waals surface area (Å²) in [6.45, 7) is 1.94. The molecule has 104 valence electrons. The number of methoxy groups -OCH3 is 1. The number of amides is 1. The average molecular weight is 383 g/mol. The monoisotopic (exact) mass is 383 g/mol. The van der Waals surface area contributed by atoms with E-state index in [0.717, 1.165) is 5.56 Å². The van der Waals surface area contributed by atoms with Crippen LogP contribution in [0.4, 0.5) is 5.69 Å². The Balaban J connectivity index is 2.27. The first-order chi connectivity index (χ1) is 9.51. The van der Waals surface area contributed by atoms with Crippen molar-refractivity contribution in [1.29, 1.82) is 0 Å². The van der Waals surface area contributed by atoms with E-state index in [1.165, 1.54) is 6.07 Å². The van der Waals surface area contributed by atoms with Gasteiger partial charge in [0.05, 0.1) is 16.4 Å². The second kappa shape index (κ2) is 6.13. The summed E-state index contributed by atoms with van der Waals surface area (Å²) in [5.74, 6) is 0.397. The zero-order valence-electron chi connectivity index (χ0n) is 11.1. The highest BCUT2D eigenvalue weighted by atomic mass is 127. The number of carbonyl (C=O) groups is 1. The van der Waals surface area contributed by atoms with Crippen LogP contribution in [0.2, 0.25) is 0 Å². The SMILES string of the molecule is COc1ccc(C)cc1NC(=O)c1ccc(I)c(O)c1. The molecule has 0 unspecified atom stereocenters. The Labute approximate surface area is 130 Å². The zero-order valence-corrected chi connectivity index (χ0v) is 13.3. The van der Waals surface area contributed by atoms with E-state index in [0.29, 0.717) is 20.6 Å². The Morgan fingerprint density at radius 1 is 1.25 bits per heavy atom. The van der Waals surface area contributed by atoms with Crippen LogP contribution < -0.4 is 10.1 Å². The summed E-state index contributed by atoms with van der Waals surface area (Å²) in [6.07, 6.45) is 0. The van der Waals surface area contributed by atoms with Crippen molar-refractivity contribution >= 4 is 34.2 Å². The van der Waals surface area contributed by atoms with Crippen LogP contribution in [-0.4, -0.2) is 18.1 Å². The molecule has 0 saturated heterocycles. The summed E-state index contributed by atoms with van der Waals surface area (Å²) in [5, 5.41) is 12.4. The molecule has 2 aromatic carbocycles. The van der Waals surface area contributed by atoms with Gasteiger partial charge in [0.25, 0.3) is 5.91 Å². The normalized spacial score (nSPS) is 10.2. The van der Waals surface area contributed by atoms with Gasteiger partial charge in [0.15, 0.2) is 0 Å². The fraction of sp³-hybridized carbons (Fsp3) is 0.133. The molecular weight excluding hydrogens is 369 g/mol. The van der Waals surface area contributed by atoms with E-state index in [-0.39, 0.29) is 11.7 Å². The molecule has 2 N–H and O–H groups in total. The van der Waals surface area contributed by atoms with E-state index in [2.05, 4.69) is 5.32 Å². The second-order valence-corrected chi connectivity index (χ2v) is 5.49. The van der Waals surface area contributed by atoms with E-state index in [9.17, 15) is 9.90 Å². The van der Waals surface area contributed by atoms with Crippen molar-refractivity contribution < 1.29 is 14.6 Å². The van der Waals surface area contributed by atoms with Crippen LogP contribution in [0.3, 0.4) is 0 Å². The van der Waals surface area contributed by atoms with Gasteiger partial charge in [0, 0.05) is 5.56 Å². The number of hydrogen-bond acceptors (Lipinski definition) is 3. The third-order valence-electron chi connectivity index (χ3n) is 2.81. The minimum absolute atomic E-state index is 0.0921. The van der Waals surface area contributed by atoms with Crippen LogP contribution in [0.15, 0.2) is 36.4 Å². The number of aromatic hydroxyl groups is 1. The molecule has 0 radical (unpaired) electrons. The van der Waals surface area contributed by atoms with Crippen molar-refractivity contribution in [3.8, 4) is 11.5 Å². The first-order valence-electron chi connectivity index (χ1n) is 5.96. The van der Waals surface area contributed by atoms with Crippen LogP contribution in [-0.2, 0) is 0 Å². The lowest BCUT2D eigenvalue weighted by molar-refractivity contribution is 0.102. The van der Waals surface area contributed by atoms with Gasteiger partial charge in [-0.3, -0.25) is 4.79 Å². The molecule has 2 rings (SSSR count). The van der Waals surface area contributed by atoms with Gasteiger partial charge in [-0.05, 0) is 65.4 Å². The molecule has 0 aliphatic rings. The summed E-state index contributed by atoms with van der Waals surface area (Å²) >= 11 is 2.00. The first-order valence-corrected chi connectivity index (χ1v) is 7.03. The van der Waals surface area contributed by atoms with Gasteiger partial charge in [-0.25, -0.2) is 0 Å². The van der Waals surface area contributed by atoms with Gasteiger partial charge >= 0.3 is 0 Å². The molecule has 0 aliphatic carbocycles. The molecule has 2 aromatic rings. The summed E-state index contributed by atoms with van der Waals surface area (Å²) in [5.41, 5.74) is 2.02. The molecule has 0 heterocycles. The fourth-order valence-corrected chi connectivity index (χ4v) is 2.10. The summed E-state index contributed by atoms with van der Waals surface area (Å²) < 4.78 is 5.92. The highest BCUT2D eigenvalue weighted by molar-refractivity contribution is 14.1. The number of benzene rings is 2. The van der Waals surface area contributed by atoms with E-state index in [1.807, 2.05) is 41.6 Å². The van der Waals surface area contributed by atoms with Crippen molar-refractivity contribution in [3.05, 3.63) is 51.1 Å². The molecular formula is C15H14INO3. The molecule has 0 saturated carbocycles. The van der Waals surface area contributed by atoms with Gasteiger partial charge in [-0.1, -0.05) is 6.07 Å². The van der Waals surface area contributed by atoms with Gasteiger partial charge in [-0.2, -0.15) is 0 Å². The minimum Gasteiger partial charge on any atom is -0.507 e. The molecule has 0 aliphatic heterocycles. The molecule has 5 heteroatoms. The van der Waals surface area contributed by atoms with Gasteiger partial charge in [0.1, 0.15) is 11.5 Å². The molecule has 20 heavy (non-hydrogen) atoms. The fourth-order valence-electron chi connectivity index (χ4n) is 1.77. The quantitative estimate of drug-likeness (QED) is 0.797.